The summed E-state index contributed by atoms with van der Waals surface area (Å²) in [5.74, 6) is 0.217. The van der Waals surface area contributed by atoms with Gasteiger partial charge in [-0.1, -0.05) is 40.7 Å². The van der Waals surface area contributed by atoms with Crippen LogP contribution in [-0.2, 0) is 14.8 Å². The zero-order valence-corrected chi connectivity index (χ0v) is 18.2. The Morgan fingerprint density at radius 2 is 1.91 bits per heavy atom. The van der Waals surface area contributed by atoms with E-state index in [-0.39, 0.29) is 42.5 Å². The SMILES string of the molecule is Cc1ccc(S(=O)(=O)N2CCN([n+]3cc(=N)o[n-]3)C(C(=O)COc3ccccc3)C2)cc1. The van der Waals surface area contributed by atoms with Crippen molar-refractivity contribution in [2.45, 2.75) is 17.9 Å². The van der Waals surface area contributed by atoms with Crippen LogP contribution < -0.4 is 25.4 Å². The van der Waals surface area contributed by atoms with Gasteiger partial charge in [-0.2, -0.15) is 4.31 Å². The van der Waals surface area contributed by atoms with Crippen molar-refractivity contribution >= 4 is 15.8 Å². The molecule has 11 heteroatoms. The molecule has 0 aliphatic carbocycles. The molecule has 1 unspecified atom stereocenters. The maximum atomic E-state index is 13.2. The molecule has 1 aliphatic rings. The Morgan fingerprint density at radius 3 is 2.56 bits per heavy atom. The topological polar surface area (TPSA) is 122 Å². The molecule has 1 N–H and O–H groups in total. The van der Waals surface area contributed by atoms with Gasteiger partial charge in [-0.25, -0.2) is 8.42 Å². The lowest BCUT2D eigenvalue weighted by Gasteiger charge is -2.40. The number of nitrogens with one attached hydrogen (secondary N) is 1. The molecule has 0 amide bonds. The normalized spacial score (nSPS) is 17.3. The summed E-state index contributed by atoms with van der Waals surface area (Å²) < 4.78 is 38.1. The Bertz CT molecular complexity index is 1240. The number of aryl methyl sites for hydroxylation is 1. The summed E-state index contributed by atoms with van der Waals surface area (Å²) in [5.41, 5.74) is 0.778. The first kappa shape index (κ1) is 21.8. The maximum absolute atomic E-state index is 13.2. The van der Waals surface area contributed by atoms with Crippen molar-refractivity contribution in [2.75, 3.05) is 31.3 Å². The van der Waals surface area contributed by atoms with Gasteiger partial charge < -0.3 is 9.26 Å². The first-order chi connectivity index (χ1) is 15.3. The molecule has 1 aromatic heterocycles. The van der Waals surface area contributed by atoms with Crippen molar-refractivity contribution in [2.24, 2.45) is 0 Å². The lowest BCUT2D eigenvalue weighted by molar-refractivity contribution is -0.766. The Labute approximate surface area is 185 Å². The summed E-state index contributed by atoms with van der Waals surface area (Å²) in [6.07, 6.45) is 1.32. The van der Waals surface area contributed by atoms with Gasteiger partial charge in [0.05, 0.1) is 10.9 Å². The Balaban J connectivity index is 1.58. The standard InChI is InChI=1S/C21H23N5O5S/c1-16-7-9-18(10-8-16)32(28,29)24-11-12-25(26-14-21(22)31-23-26)19(13-24)20(27)15-30-17-5-3-2-4-6-17/h2-10,14,19,22H,11-13,15H2,1H3. The van der Waals surface area contributed by atoms with Crippen molar-refractivity contribution in [1.82, 2.24) is 9.58 Å². The zero-order chi connectivity index (χ0) is 22.7. The molecule has 2 aromatic carbocycles. The Morgan fingerprint density at radius 1 is 1.19 bits per heavy atom. The molecule has 2 heterocycles. The molecule has 0 radical (unpaired) electrons. The Kier molecular flexibility index (Phi) is 6.10. The Hall–Kier alpha value is -3.44. The number of Topliss-reactive ketones (excluding diaryl/α,β-unsaturated/α-hetero) is 1. The van der Waals surface area contributed by atoms with Crippen LogP contribution in [0.3, 0.4) is 0 Å². The molecule has 1 saturated heterocycles. The average molecular weight is 458 g/mol. The van der Waals surface area contributed by atoms with Crippen LogP contribution in [0.15, 0.2) is 70.2 Å². The number of nitrogens with zero attached hydrogens (tertiary/aromatic N) is 4. The molecule has 10 nitrogen and oxygen atoms in total. The molecule has 4 rings (SSSR count). The van der Waals surface area contributed by atoms with Crippen molar-refractivity contribution in [3.05, 3.63) is 71.9 Å². The van der Waals surface area contributed by atoms with Crippen molar-refractivity contribution in [3.8, 4) is 5.75 Å². The van der Waals surface area contributed by atoms with Crippen LogP contribution in [0.25, 0.3) is 0 Å². The highest BCUT2D eigenvalue weighted by molar-refractivity contribution is 7.89. The first-order valence-electron chi connectivity index (χ1n) is 9.99. The third kappa shape index (κ3) is 4.58. The summed E-state index contributed by atoms with van der Waals surface area (Å²) >= 11 is 0. The number of piperazine rings is 1. The number of hydrogen-bond acceptors (Lipinski definition) is 7. The van der Waals surface area contributed by atoms with Crippen molar-refractivity contribution in [3.63, 3.8) is 0 Å². The number of benzene rings is 2. The highest BCUT2D eigenvalue weighted by Crippen LogP contribution is 2.20. The summed E-state index contributed by atoms with van der Waals surface area (Å²) in [4.78, 5) is 14.5. The largest absolute Gasteiger partial charge is 0.486 e. The predicted octanol–water partition coefficient (Wildman–Crippen LogP) is -0.0286. The van der Waals surface area contributed by atoms with Crippen LogP contribution in [0.2, 0.25) is 0 Å². The molecule has 3 aromatic rings. The predicted molar refractivity (Wildman–Crippen MR) is 112 cm³/mol. The number of carbonyl (C=O) groups excluding carboxylic acids is 1. The monoisotopic (exact) mass is 457 g/mol. The third-order valence-electron chi connectivity index (χ3n) is 5.19. The fourth-order valence-corrected chi connectivity index (χ4v) is 4.90. The van der Waals surface area contributed by atoms with E-state index in [2.05, 4.69) is 5.27 Å². The first-order valence-corrected chi connectivity index (χ1v) is 11.4. The van der Waals surface area contributed by atoms with Gasteiger partial charge in [0, 0.05) is 19.6 Å². The summed E-state index contributed by atoms with van der Waals surface area (Å²) in [6, 6.07) is 14.6. The smallest absolute Gasteiger partial charge is 0.286 e. The number of aromatic nitrogens is 2. The number of ketones is 1. The second-order valence-corrected chi connectivity index (χ2v) is 9.35. The second kappa shape index (κ2) is 8.97. The number of sulfonamides is 1. The number of carbonyl (C=O) groups is 1. The van der Waals surface area contributed by atoms with E-state index in [4.69, 9.17) is 14.7 Å². The maximum Gasteiger partial charge on any atom is 0.286 e. The summed E-state index contributed by atoms with van der Waals surface area (Å²) in [6.45, 7) is 1.89. The fourth-order valence-electron chi connectivity index (χ4n) is 3.47. The van der Waals surface area contributed by atoms with Gasteiger partial charge >= 0.3 is 0 Å². The molecule has 1 aliphatic heterocycles. The molecule has 0 saturated carbocycles. The number of ether oxygens (including phenoxy) is 1. The number of rotatable bonds is 7. The molecular formula is C21H23N5O5S. The van der Waals surface area contributed by atoms with Gasteiger partial charge in [0.15, 0.2) is 5.78 Å². The van der Waals surface area contributed by atoms with E-state index in [0.29, 0.717) is 5.75 Å². The van der Waals surface area contributed by atoms with E-state index >= 15 is 0 Å². The highest BCUT2D eigenvalue weighted by Gasteiger charge is 2.38. The van der Waals surface area contributed by atoms with E-state index in [1.165, 1.54) is 15.3 Å². The molecular weight excluding hydrogens is 434 g/mol. The molecule has 168 valence electrons. The number of para-hydroxylation sites is 1. The van der Waals surface area contributed by atoms with E-state index < -0.39 is 16.1 Å². The minimum Gasteiger partial charge on any atom is -0.486 e. The highest BCUT2D eigenvalue weighted by atomic mass is 32.2. The van der Waals surface area contributed by atoms with Crippen LogP contribution >= 0.6 is 0 Å². The van der Waals surface area contributed by atoms with Crippen LogP contribution in [0.4, 0.5) is 0 Å². The average Bonchev–Trinajstić information content (AvgIpc) is 3.24. The molecule has 32 heavy (non-hydrogen) atoms. The van der Waals surface area contributed by atoms with E-state index in [1.54, 1.807) is 53.5 Å². The van der Waals surface area contributed by atoms with Gasteiger partial charge in [-0.15, -0.1) is 0 Å². The minimum absolute atomic E-state index is 0.0830. The van der Waals surface area contributed by atoms with Gasteiger partial charge in [0.2, 0.25) is 10.0 Å². The molecule has 1 atom stereocenters. The van der Waals surface area contributed by atoms with Gasteiger partial charge in [-0.3, -0.25) is 15.2 Å². The lowest BCUT2D eigenvalue weighted by Crippen LogP contribution is -2.73. The minimum atomic E-state index is -3.79. The van der Waals surface area contributed by atoms with E-state index in [9.17, 15) is 13.2 Å². The van der Waals surface area contributed by atoms with Crippen LogP contribution in [0.5, 0.6) is 5.75 Å². The van der Waals surface area contributed by atoms with Gasteiger partial charge in [-0.05, 0) is 36.5 Å². The molecule has 0 spiro atoms. The fraction of sp³-hybridized carbons (Fsp3) is 0.286. The van der Waals surface area contributed by atoms with E-state index in [1.807, 2.05) is 13.0 Å². The molecule has 1 fully saturated rings. The van der Waals surface area contributed by atoms with Crippen LogP contribution in [0.1, 0.15) is 5.56 Å². The zero-order valence-electron chi connectivity index (χ0n) is 17.4. The lowest BCUT2D eigenvalue weighted by atomic mass is 10.1. The van der Waals surface area contributed by atoms with Gasteiger partial charge in [0.25, 0.3) is 11.8 Å². The van der Waals surface area contributed by atoms with Crippen LogP contribution in [0, 0.1) is 12.3 Å². The quantitative estimate of drug-likeness (QED) is 0.495. The second-order valence-electron chi connectivity index (χ2n) is 7.41. The van der Waals surface area contributed by atoms with Crippen molar-refractivity contribution in [1.29, 1.82) is 5.41 Å². The summed E-state index contributed by atoms with van der Waals surface area (Å²) in [7, 11) is -3.79. The van der Waals surface area contributed by atoms with E-state index in [0.717, 1.165) is 5.56 Å². The van der Waals surface area contributed by atoms with Gasteiger partial charge in [0.1, 0.15) is 12.4 Å². The molecule has 0 bridgehead atoms. The summed E-state index contributed by atoms with van der Waals surface area (Å²) in [5, 5.41) is 12.9. The number of hydrogen-bond donors (Lipinski definition) is 1. The van der Waals surface area contributed by atoms with Crippen molar-refractivity contribution < 1.29 is 27.3 Å². The van der Waals surface area contributed by atoms with Crippen LogP contribution in [-0.4, -0.2) is 50.8 Å². The third-order valence-corrected chi connectivity index (χ3v) is 7.07.